The fourth-order valence-electron chi connectivity index (χ4n) is 2.55. The highest BCUT2D eigenvalue weighted by Gasteiger charge is 2.12. The van der Waals surface area contributed by atoms with E-state index in [1.807, 2.05) is 0 Å². The second-order valence-corrected chi connectivity index (χ2v) is 7.50. The monoisotopic (exact) mass is 497 g/mol. The number of nitrogens with zero attached hydrogens (tertiary/aromatic N) is 2. The zero-order valence-electron chi connectivity index (χ0n) is 17.5. The average molecular weight is 498 g/mol. The van der Waals surface area contributed by atoms with Crippen molar-refractivity contribution in [2.24, 2.45) is 4.99 Å². The molecular formula is C21H28BrN3O4S. The van der Waals surface area contributed by atoms with Gasteiger partial charge in [-0.25, -0.2) is 4.79 Å². The predicted octanol–water partition coefficient (Wildman–Crippen LogP) is 4.03. The van der Waals surface area contributed by atoms with E-state index in [2.05, 4.69) is 28.9 Å². The minimum absolute atomic E-state index is 0. The molecule has 2 rings (SSSR count). The number of hydrogen-bond acceptors (Lipinski definition) is 6. The van der Waals surface area contributed by atoms with Gasteiger partial charge in [0.25, 0.3) is 11.5 Å². The lowest BCUT2D eigenvalue weighted by atomic mass is 10.2. The number of nitrogens with one attached hydrogen (secondary N) is 1. The molecule has 0 aliphatic rings. The van der Waals surface area contributed by atoms with Gasteiger partial charge in [0.1, 0.15) is 4.88 Å². The van der Waals surface area contributed by atoms with Crippen LogP contribution < -0.4 is 15.7 Å². The van der Waals surface area contributed by atoms with Gasteiger partial charge in [0, 0.05) is 24.8 Å². The summed E-state index contributed by atoms with van der Waals surface area (Å²) >= 11 is 1.21. The average Bonchev–Trinajstić information content (AvgIpc) is 2.73. The van der Waals surface area contributed by atoms with Crippen LogP contribution in [0.15, 0.2) is 40.1 Å². The number of methoxy groups -OCH3 is 1. The summed E-state index contributed by atoms with van der Waals surface area (Å²) in [5.41, 5.74) is 0.692. The Morgan fingerprint density at radius 3 is 2.40 bits per heavy atom. The predicted molar refractivity (Wildman–Crippen MR) is 125 cm³/mol. The van der Waals surface area contributed by atoms with Crippen molar-refractivity contribution < 1.29 is 14.3 Å². The van der Waals surface area contributed by atoms with E-state index in [9.17, 15) is 14.4 Å². The summed E-state index contributed by atoms with van der Waals surface area (Å²) in [5, 5.41) is 2.76. The van der Waals surface area contributed by atoms with Gasteiger partial charge in [0.15, 0.2) is 4.80 Å². The molecule has 164 valence electrons. The first-order valence-electron chi connectivity index (χ1n) is 9.75. The first-order chi connectivity index (χ1) is 14.0. The molecule has 7 nitrogen and oxygen atoms in total. The lowest BCUT2D eigenvalue weighted by Gasteiger charge is -2.09. The molecule has 0 spiro atoms. The quantitative estimate of drug-likeness (QED) is 0.418. The molecule has 0 aliphatic heterocycles. The summed E-state index contributed by atoms with van der Waals surface area (Å²) in [5.74, 6) is -0.827. The Labute approximate surface area is 190 Å². The number of hydrogen-bond donors (Lipinski definition) is 1. The summed E-state index contributed by atoms with van der Waals surface area (Å²) in [6.07, 6.45) is 3.78. The molecule has 0 bridgehead atoms. The maximum absolute atomic E-state index is 12.7. The van der Waals surface area contributed by atoms with Crippen molar-refractivity contribution in [1.82, 2.24) is 4.57 Å². The van der Waals surface area contributed by atoms with Gasteiger partial charge in [-0.2, -0.15) is 0 Å². The summed E-state index contributed by atoms with van der Waals surface area (Å²) in [4.78, 5) is 42.2. The minimum Gasteiger partial charge on any atom is -0.465 e. The molecule has 0 saturated heterocycles. The Balaban J connectivity index is 0.00000450. The fourth-order valence-corrected chi connectivity index (χ4v) is 3.50. The Morgan fingerprint density at radius 1 is 1.13 bits per heavy atom. The molecule has 1 aromatic heterocycles. The molecule has 0 unspecified atom stereocenters. The summed E-state index contributed by atoms with van der Waals surface area (Å²) < 4.78 is 6.30. The zero-order valence-corrected chi connectivity index (χ0v) is 20.0. The molecule has 1 aromatic carbocycles. The van der Waals surface area contributed by atoms with Crippen LogP contribution in [-0.4, -0.2) is 30.1 Å². The number of ether oxygens (including phenoxy) is 1. The van der Waals surface area contributed by atoms with Gasteiger partial charge in [-0.15, -0.1) is 17.0 Å². The SMILES string of the molecule is Br.CCCCN=c1sc(C(=O)Nc2ccc(C(=O)OC)cc2)cc(=O)n1CCCC. The summed E-state index contributed by atoms with van der Waals surface area (Å²) in [6, 6.07) is 7.73. The molecule has 0 fully saturated rings. The van der Waals surface area contributed by atoms with E-state index in [0.29, 0.717) is 34.0 Å². The Bertz CT molecular complexity index is 967. The molecule has 0 saturated carbocycles. The molecule has 1 N–H and O–H groups in total. The fraction of sp³-hybridized carbons (Fsp3) is 0.429. The first kappa shape index (κ1) is 25.8. The number of unbranched alkanes of at least 4 members (excludes halogenated alkanes) is 2. The Morgan fingerprint density at radius 2 is 1.80 bits per heavy atom. The maximum Gasteiger partial charge on any atom is 0.337 e. The van der Waals surface area contributed by atoms with Crippen molar-refractivity contribution in [2.75, 3.05) is 19.0 Å². The van der Waals surface area contributed by atoms with Gasteiger partial charge in [0.05, 0.1) is 12.7 Å². The third kappa shape index (κ3) is 7.21. The maximum atomic E-state index is 12.7. The van der Waals surface area contributed by atoms with E-state index >= 15 is 0 Å². The topological polar surface area (TPSA) is 89.8 Å². The van der Waals surface area contributed by atoms with Crippen molar-refractivity contribution in [3.05, 3.63) is 55.9 Å². The van der Waals surface area contributed by atoms with Crippen LogP contribution in [0.5, 0.6) is 0 Å². The third-order valence-electron chi connectivity index (χ3n) is 4.23. The summed E-state index contributed by atoms with van der Waals surface area (Å²) in [7, 11) is 1.31. The lowest BCUT2D eigenvalue weighted by molar-refractivity contribution is 0.0600. The van der Waals surface area contributed by atoms with Crippen LogP contribution in [0, 0.1) is 0 Å². The van der Waals surface area contributed by atoms with Crippen molar-refractivity contribution in [3.8, 4) is 0 Å². The number of aromatic nitrogens is 1. The molecular weight excluding hydrogens is 470 g/mol. The van der Waals surface area contributed by atoms with E-state index in [0.717, 1.165) is 25.7 Å². The molecule has 0 aliphatic carbocycles. The molecule has 0 atom stereocenters. The largest absolute Gasteiger partial charge is 0.465 e. The molecule has 1 heterocycles. The van der Waals surface area contributed by atoms with Crippen molar-refractivity contribution >= 4 is 45.9 Å². The van der Waals surface area contributed by atoms with Gasteiger partial charge in [-0.1, -0.05) is 38.0 Å². The van der Waals surface area contributed by atoms with E-state index in [1.54, 1.807) is 28.8 Å². The van der Waals surface area contributed by atoms with Crippen LogP contribution in [0.2, 0.25) is 0 Å². The van der Waals surface area contributed by atoms with Crippen LogP contribution in [0.25, 0.3) is 0 Å². The van der Waals surface area contributed by atoms with Crippen molar-refractivity contribution in [1.29, 1.82) is 0 Å². The molecule has 0 radical (unpaired) electrons. The molecule has 30 heavy (non-hydrogen) atoms. The second-order valence-electron chi connectivity index (χ2n) is 6.49. The van der Waals surface area contributed by atoms with Crippen LogP contribution in [0.4, 0.5) is 5.69 Å². The van der Waals surface area contributed by atoms with E-state index < -0.39 is 5.97 Å². The number of rotatable bonds is 9. The number of carbonyl (C=O) groups is 2. The van der Waals surface area contributed by atoms with E-state index in [-0.39, 0.29) is 28.4 Å². The van der Waals surface area contributed by atoms with Crippen molar-refractivity contribution in [3.63, 3.8) is 0 Å². The minimum atomic E-state index is -0.445. The third-order valence-corrected chi connectivity index (χ3v) is 5.29. The van der Waals surface area contributed by atoms with Gasteiger partial charge in [-0.05, 0) is 37.1 Å². The number of anilines is 1. The highest BCUT2D eigenvalue weighted by Crippen LogP contribution is 2.12. The normalized spacial score (nSPS) is 11.0. The standard InChI is InChI=1S/C21H27N3O4S.BrH/c1-4-6-12-22-21-24(13-7-5-2)18(25)14-17(29-21)19(26)23-16-10-8-15(9-11-16)20(27)28-3;/h8-11,14H,4-7,12-13H2,1-3H3,(H,23,26);1H. The second kappa shape index (κ2) is 13.1. The van der Waals surface area contributed by atoms with Crippen LogP contribution in [-0.2, 0) is 11.3 Å². The smallest absolute Gasteiger partial charge is 0.337 e. The number of halogens is 1. The van der Waals surface area contributed by atoms with E-state index in [4.69, 9.17) is 0 Å². The van der Waals surface area contributed by atoms with Crippen molar-refractivity contribution in [2.45, 2.75) is 46.1 Å². The first-order valence-corrected chi connectivity index (χ1v) is 10.6. The van der Waals surface area contributed by atoms with Gasteiger partial charge in [0.2, 0.25) is 0 Å². The van der Waals surface area contributed by atoms with Gasteiger partial charge in [-0.3, -0.25) is 19.1 Å². The number of amides is 1. The Kier molecular flexibility index (Phi) is 11.3. The van der Waals surface area contributed by atoms with Crippen LogP contribution >= 0.6 is 28.3 Å². The zero-order chi connectivity index (χ0) is 21.2. The number of esters is 1. The molecule has 1 amide bonds. The molecule has 2 aromatic rings. The van der Waals surface area contributed by atoms with Crippen LogP contribution in [0.1, 0.15) is 59.6 Å². The van der Waals surface area contributed by atoms with Gasteiger partial charge < -0.3 is 10.1 Å². The lowest BCUT2D eigenvalue weighted by Crippen LogP contribution is -2.33. The highest BCUT2D eigenvalue weighted by atomic mass is 79.9. The Hall–Kier alpha value is -2.26. The van der Waals surface area contributed by atoms with E-state index in [1.165, 1.54) is 24.5 Å². The summed E-state index contributed by atoms with van der Waals surface area (Å²) in [6.45, 7) is 5.36. The van der Waals surface area contributed by atoms with Gasteiger partial charge >= 0.3 is 5.97 Å². The highest BCUT2D eigenvalue weighted by molar-refractivity contribution is 8.93. The molecule has 9 heteroatoms. The van der Waals surface area contributed by atoms with Crippen LogP contribution in [0.3, 0.4) is 0 Å². The number of carbonyl (C=O) groups excluding carboxylic acids is 2. The number of benzene rings is 1.